The van der Waals surface area contributed by atoms with Crippen LogP contribution in [0.25, 0.3) is 0 Å². The molecule has 3 nitrogen and oxygen atoms in total. The summed E-state index contributed by atoms with van der Waals surface area (Å²) in [5.41, 5.74) is -6.17. The molecule has 210 valence electrons. The van der Waals surface area contributed by atoms with Crippen LogP contribution in [0.15, 0.2) is 54.6 Å². The predicted octanol–water partition coefficient (Wildman–Crippen LogP) is 7.87. The van der Waals surface area contributed by atoms with Crippen LogP contribution < -0.4 is 14.7 Å². The van der Waals surface area contributed by atoms with Crippen molar-refractivity contribution < 1.29 is 52.7 Å². The minimum Gasteiger partial charge on any atom is -0.334 e. The van der Waals surface area contributed by atoms with E-state index in [1.54, 1.807) is 0 Å². The quantitative estimate of drug-likeness (QED) is 0.296. The molecule has 0 aliphatic carbocycles. The van der Waals surface area contributed by atoms with Crippen LogP contribution in [0, 0.1) is 17.5 Å². The van der Waals surface area contributed by atoms with Gasteiger partial charge in [-0.15, -0.1) is 0 Å². The summed E-state index contributed by atoms with van der Waals surface area (Å²) in [6.45, 7) is -2.10. The Hall–Kier alpha value is -3.78. The minimum absolute atomic E-state index is 0.377. The van der Waals surface area contributed by atoms with Gasteiger partial charge >= 0.3 is 18.5 Å². The van der Waals surface area contributed by atoms with Gasteiger partial charge in [-0.25, -0.2) is 13.2 Å². The van der Waals surface area contributed by atoms with E-state index in [2.05, 4.69) is 0 Å². The first-order chi connectivity index (χ1) is 17.9. The number of benzene rings is 3. The van der Waals surface area contributed by atoms with E-state index >= 15 is 0 Å². The largest absolute Gasteiger partial charge is 0.416 e. The maximum atomic E-state index is 14.7. The van der Waals surface area contributed by atoms with Crippen molar-refractivity contribution in [2.45, 2.75) is 18.5 Å². The van der Waals surface area contributed by atoms with E-state index in [9.17, 15) is 52.7 Å². The van der Waals surface area contributed by atoms with Crippen LogP contribution in [0.5, 0.6) is 0 Å². The van der Waals surface area contributed by atoms with Crippen molar-refractivity contribution in [1.29, 1.82) is 0 Å². The lowest BCUT2D eigenvalue weighted by molar-refractivity contribution is -0.138. The fourth-order valence-corrected chi connectivity index (χ4v) is 4.00. The summed E-state index contributed by atoms with van der Waals surface area (Å²) in [6, 6.07) is 3.82. The van der Waals surface area contributed by atoms with Gasteiger partial charge in [-0.2, -0.15) is 39.5 Å². The minimum atomic E-state index is -4.93. The third-order valence-corrected chi connectivity index (χ3v) is 5.87. The normalized spacial score (nSPS) is 15.2. The molecule has 0 saturated carbocycles. The molecule has 0 amide bonds. The molecule has 0 aromatic heterocycles. The van der Waals surface area contributed by atoms with Crippen LogP contribution in [0.2, 0.25) is 0 Å². The summed E-state index contributed by atoms with van der Waals surface area (Å²) in [7, 11) is 0. The number of halogens is 12. The number of alkyl halides is 9. The molecule has 3 aromatic carbocycles. The highest BCUT2D eigenvalue weighted by atomic mass is 19.4. The lowest BCUT2D eigenvalue weighted by atomic mass is 10.1. The van der Waals surface area contributed by atoms with Crippen LogP contribution in [0.3, 0.4) is 0 Å². The van der Waals surface area contributed by atoms with Gasteiger partial charge in [-0.05, 0) is 54.6 Å². The molecule has 1 aliphatic rings. The predicted molar refractivity (Wildman–Crippen MR) is 116 cm³/mol. The lowest BCUT2D eigenvalue weighted by Crippen LogP contribution is -2.56. The average Bonchev–Trinajstić information content (AvgIpc) is 2.82. The summed E-state index contributed by atoms with van der Waals surface area (Å²) in [5, 5.41) is 0. The van der Waals surface area contributed by atoms with E-state index in [4.69, 9.17) is 0 Å². The fourth-order valence-electron chi connectivity index (χ4n) is 4.00. The monoisotopic (exact) mass is 573 g/mol. The number of rotatable bonds is 3. The van der Waals surface area contributed by atoms with Crippen molar-refractivity contribution >= 4 is 17.1 Å². The van der Waals surface area contributed by atoms with Crippen LogP contribution in [0.4, 0.5) is 69.7 Å². The molecule has 0 N–H and O–H groups in total. The van der Waals surface area contributed by atoms with Crippen LogP contribution in [-0.4, -0.2) is 20.0 Å². The van der Waals surface area contributed by atoms with Gasteiger partial charge in [0.05, 0.1) is 53.8 Å². The van der Waals surface area contributed by atoms with Crippen LogP contribution >= 0.6 is 0 Å². The third kappa shape index (κ3) is 5.96. The topological polar surface area (TPSA) is 9.72 Å². The smallest absolute Gasteiger partial charge is 0.334 e. The Morgan fingerprint density at radius 3 is 0.846 bits per heavy atom. The van der Waals surface area contributed by atoms with Gasteiger partial charge < -0.3 is 14.7 Å². The standard InChI is InChI=1S/C24H15F12N3/c25-16-4-1-13(22(28,29)30)7-19(16)37-10-38(20-8-14(23(31,32)33)2-5-17(20)26)12-39(11-37)21-9-15(24(34,35)36)3-6-18(21)27/h1-9H,10-12H2. The maximum absolute atomic E-state index is 14.7. The van der Waals surface area contributed by atoms with Crippen molar-refractivity contribution in [3.8, 4) is 0 Å². The molecule has 1 fully saturated rings. The second-order valence-electron chi connectivity index (χ2n) is 8.54. The first kappa shape index (κ1) is 28.2. The zero-order valence-electron chi connectivity index (χ0n) is 19.2. The molecule has 0 radical (unpaired) electrons. The zero-order valence-corrected chi connectivity index (χ0v) is 19.2. The van der Waals surface area contributed by atoms with Gasteiger partial charge in [0.15, 0.2) is 0 Å². The highest BCUT2D eigenvalue weighted by molar-refractivity contribution is 5.61. The molecule has 4 rings (SSSR count). The van der Waals surface area contributed by atoms with Crippen molar-refractivity contribution in [1.82, 2.24) is 0 Å². The highest BCUT2D eigenvalue weighted by Gasteiger charge is 2.37. The Bertz CT molecular complexity index is 1190. The Balaban J connectivity index is 1.85. The first-order valence-corrected chi connectivity index (χ1v) is 10.8. The molecule has 0 spiro atoms. The molecule has 1 heterocycles. The molecule has 3 aromatic rings. The van der Waals surface area contributed by atoms with E-state index in [0.717, 1.165) is 14.7 Å². The molecule has 0 atom stereocenters. The van der Waals surface area contributed by atoms with Crippen molar-refractivity contribution in [2.75, 3.05) is 34.7 Å². The molecule has 0 unspecified atom stereocenters. The zero-order chi connectivity index (χ0) is 28.9. The lowest BCUT2D eigenvalue weighted by Gasteiger charge is -2.45. The van der Waals surface area contributed by atoms with Crippen molar-refractivity contribution in [3.05, 3.63) is 88.7 Å². The van der Waals surface area contributed by atoms with Gasteiger partial charge in [0.1, 0.15) is 17.5 Å². The Labute approximate surface area is 212 Å². The van der Waals surface area contributed by atoms with Crippen molar-refractivity contribution in [2.24, 2.45) is 0 Å². The number of anilines is 3. The number of hydrogen-bond donors (Lipinski definition) is 0. The summed E-state index contributed by atoms with van der Waals surface area (Å²) in [4.78, 5) is 2.40. The van der Waals surface area contributed by atoms with Gasteiger partial charge in [-0.3, -0.25) is 0 Å². The van der Waals surface area contributed by atoms with Gasteiger partial charge in [0, 0.05) is 0 Å². The summed E-state index contributed by atoms with van der Waals surface area (Å²) in [6.07, 6.45) is -14.8. The molecule has 0 bridgehead atoms. The van der Waals surface area contributed by atoms with E-state index in [1.165, 1.54) is 0 Å². The summed E-state index contributed by atoms with van der Waals surface area (Å²) >= 11 is 0. The van der Waals surface area contributed by atoms with Gasteiger partial charge in [0.25, 0.3) is 0 Å². The molecule has 39 heavy (non-hydrogen) atoms. The Morgan fingerprint density at radius 2 is 0.641 bits per heavy atom. The second kappa shape index (κ2) is 9.75. The molecular weight excluding hydrogens is 558 g/mol. The van der Waals surface area contributed by atoms with Crippen LogP contribution in [-0.2, 0) is 18.5 Å². The summed E-state index contributed by atoms with van der Waals surface area (Å²) in [5.74, 6) is -3.67. The number of nitrogens with zero attached hydrogens (tertiary/aromatic N) is 3. The fraction of sp³-hybridized carbons (Fsp3) is 0.250. The Kier molecular flexibility index (Phi) is 7.06. The van der Waals surface area contributed by atoms with Gasteiger partial charge in [-0.1, -0.05) is 0 Å². The highest BCUT2D eigenvalue weighted by Crippen LogP contribution is 2.38. The van der Waals surface area contributed by atoms with E-state index < -0.39 is 89.7 Å². The SMILES string of the molecule is Fc1ccc(C(F)(F)F)cc1N1CN(c2cc(C(F)(F)F)ccc2F)CN(c2cc(C(F)(F)F)ccc2F)C1. The number of hydrogen-bond acceptors (Lipinski definition) is 3. The molecule has 1 saturated heterocycles. The van der Waals surface area contributed by atoms with Crippen LogP contribution in [0.1, 0.15) is 16.7 Å². The Morgan fingerprint density at radius 1 is 0.410 bits per heavy atom. The summed E-state index contributed by atoms with van der Waals surface area (Å²) < 4.78 is 164. The second-order valence-corrected chi connectivity index (χ2v) is 8.54. The maximum Gasteiger partial charge on any atom is 0.416 e. The first-order valence-electron chi connectivity index (χ1n) is 10.8. The average molecular weight is 573 g/mol. The van der Waals surface area contributed by atoms with E-state index in [-0.39, 0.29) is 0 Å². The molecule has 1 aliphatic heterocycles. The van der Waals surface area contributed by atoms with Crippen molar-refractivity contribution in [3.63, 3.8) is 0 Å². The molecule has 15 heteroatoms. The van der Waals surface area contributed by atoms with E-state index in [0.29, 0.717) is 54.6 Å². The van der Waals surface area contributed by atoms with E-state index in [1.807, 2.05) is 0 Å². The molecular formula is C24H15F12N3. The van der Waals surface area contributed by atoms with Gasteiger partial charge in [0.2, 0.25) is 0 Å². The third-order valence-electron chi connectivity index (χ3n) is 5.87.